The van der Waals surface area contributed by atoms with Crippen molar-refractivity contribution in [2.24, 2.45) is 0 Å². The Bertz CT molecular complexity index is 2020. The Hall–Kier alpha value is -4.11. The Kier molecular flexibility index (Phi) is 5.85. The van der Waals surface area contributed by atoms with E-state index in [0.29, 0.717) is 4.70 Å². The number of hydrogen-bond acceptors (Lipinski definition) is 7. The van der Waals surface area contributed by atoms with E-state index < -0.39 is 79.6 Å². The molecular weight excluding hydrogens is 577 g/mol. The average molecular weight is 594 g/mol. The zero-order valence-electron chi connectivity index (χ0n) is 20.0. The van der Waals surface area contributed by atoms with Crippen LogP contribution in [0.4, 0.5) is 33.5 Å². The average Bonchev–Trinajstić information content (AvgIpc) is 3.32. The summed E-state index contributed by atoms with van der Waals surface area (Å²) in [5, 5.41) is 0.184. The first-order chi connectivity index (χ1) is 18.8. The predicted octanol–water partition coefficient (Wildman–Crippen LogP) is 5.44. The van der Waals surface area contributed by atoms with Crippen molar-refractivity contribution in [1.29, 1.82) is 0 Å². The molecule has 1 aliphatic carbocycles. The van der Waals surface area contributed by atoms with Gasteiger partial charge in [0.1, 0.15) is 22.3 Å². The number of benzene rings is 2. The van der Waals surface area contributed by atoms with Crippen molar-refractivity contribution in [2.45, 2.75) is 29.7 Å². The first-order valence-electron chi connectivity index (χ1n) is 11.6. The molecule has 3 N–H and O–H groups in total. The molecule has 2 aromatic carbocycles. The van der Waals surface area contributed by atoms with Gasteiger partial charge in [-0.3, -0.25) is 9.52 Å². The molecule has 0 amide bonds. The second kappa shape index (κ2) is 8.96. The summed E-state index contributed by atoms with van der Waals surface area (Å²) in [5.41, 5.74) is 4.28. The lowest BCUT2D eigenvalue weighted by Gasteiger charge is -2.37. The lowest BCUT2D eigenvalue weighted by Crippen LogP contribution is -2.41. The molecule has 1 aliphatic rings. The van der Waals surface area contributed by atoms with Crippen LogP contribution in [0.5, 0.6) is 0 Å². The number of nitrogens with zero attached hydrogens (tertiary/aromatic N) is 3. The summed E-state index contributed by atoms with van der Waals surface area (Å²) in [5.74, 6) is -6.85. The maximum Gasteiger partial charge on any atom is 0.264 e. The number of alkyl halides is 2. The largest absolute Gasteiger partial charge is 0.384 e. The molecule has 0 bridgehead atoms. The van der Waals surface area contributed by atoms with E-state index in [2.05, 4.69) is 9.97 Å². The number of hydrogen-bond donors (Lipinski definition) is 2. The number of rotatable bonds is 5. The number of sulfonamides is 1. The molecule has 0 saturated heterocycles. The first-order valence-corrected chi connectivity index (χ1v) is 13.9. The van der Waals surface area contributed by atoms with Gasteiger partial charge in [-0.05, 0) is 24.3 Å². The minimum atomic E-state index is -4.73. The summed E-state index contributed by atoms with van der Waals surface area (Å²) in [6, 6.07) is 4.88. The fraction of sp³-hybridized carbons (Fsp3) is 0.160. The molecule has 8 nitrogen and oxygen atoms in total. The SMILES string of the molecule is Nc1cc2c(cn1)cc(-c1c(F)ccc(NS(=O)(=O)c3cc4scnc4cc3F)c1F)c(=O)n2C1CC(F)(F)C1. The summed E-state index contributed by atoms with van der Waals surface area (Å²) in [6.07, 6.45) is -0.121. The van der Waals surface area contributed by atoms with Gasteiger partial charge in [-0.1, -0.05) is 0 Å². The van der Waals surface area contributed by atoms with Crippen LogP contribution in [0.3, 0.4) is 0 Å². The number of aromatic nitrogens is 3. The maximum atomic E-state index is 15.8. The van der Waals surface area contributed by atoms with Crippen molar-refractivity contribution in [3.05, 3.63) is 75.9 Å². The minimum Gasteiger partial charge on any atom is -0.384 e. The lowest BCUT2D eigenvalue weighted by atomic mass is 9.87. The smallest absolute Gasteiger partial charge is 0.264 e. The Morgan fingerprint density at radius 1 is 1.05 bits per heavy atom. The number of nitrogens with two attached hydrogens (primary N) is 1. The molecule has 5 aromatic rings. The molecule has 0 radical (unpaired) electrons. The first kappa shape index (κ1) is 26.1. The van der Waals surface area contributed by atoms with Crippen LogP contribution in [0.1, 0.15) is 18.9 Å². The predicted molar refractivity (Wildman–Crippen MR) is 139 cm³/mol. The van der Waals surface area contributed by atoms with Crippen LogP contribution in [0.2, 0.25) is 0 Å². The highest BCUT2D eigenvalue weighted by molar-refractivity contribution is 7.92. The van der Waals surface area contributed by atoms with E-state index in [1.165, 1.54) is 17.8 Å². The summed E-state index contributed by atoms with van der Waals surface area (Å²) in [7, 11) is -4.73. The van der Waals surface area contributed by atoms with E-state index >= 15 is 8.78 Å². The van der Waals surface area contributed by atoms with E-state index in [-0.39, 0.29) is 22.2 Å². The third kappa shape index (κ3) is 4.25. The molecule has 6 rings (SSSR count). The fourth-order valence-electron chi connectivity index (χ4n) is 4.74. The van der Waals surface area contributed by atoms with Crippen LogP contribution in [-0.4, -0.2) is 28.9 Å². The van der Waals surface area contributed by atoms with Crippen LogP contribution in [0.15, 0.2) is 57.8 Å². The van der Waals surface area contributed by atoms with Crippen LogP contribution >= 0.6 is 11.3 Å². The topological polar surface area (TPSA) is 120 Å². The maximum absolute atomic E-state index is 15.8. The molecule has 1 saturated carbocycles. The Morgan fingerprint density at radius 2 is 1.80 bits per heavy atom. The van der Waals surface area contributed by atoms with Gasteiger partial charge in [0.15, 0.2) is 5.82 Å². The van der Waals surface area contributed by atoms with Gasteiger partial charge in [0.2, 0.25) is 0 Å². The van der Waals surface area contributed by atoms with Crippen LogP contribution < -0.4 is 16.0 Å². The van der Waals surface area contributed by atoms with Crippen molar-refractivity contribution in [3.63, 3.8) is 0 Å². The number of pyridine rings is 2. The van der Waals surface area contributed by atoms with Crippen LogP contribution in [0, 0.1) is 17.5 Å². The molecular formula is C25H16F5N5O3S2. The second-order valence-corrected chi connectivity index (χ2v) is 11.8. The van der Waals surface area contributed by atoms with E-state index in [4.69, 9.17) is 5.73 Å². The standard InChI is InChI=1S/C25H16F5N5O3S2/c26-14-1-2-16(34-40(37,38)20-6-19-17(4-15(20)27)33-10-39-19)23(28)22(14)13-3-11-9-32-21(31)5-18(11)35(24(13)36)12-7-25(29,30)8-12/h1-6,9-10,12,34H,7-8H2,(H2,31,32). The van der Waals surface area contributed by atoms with E-state index in [0.717, 1.165) is 46.2 Å². The van der Waals surface area contributed by atoms with Gasteiger partial charge < -0.3 is 10.3 Å². The van der Waals surface area contributed by atoms with Gasteiger partial charge >= 0.3 is 0 Å². The highest BCUT2D eigenvalue weighted by Gasteiger charge is 2.47. The van der Waals surface area contributed by atoms with Crippen molar-refractivity contribution in [2.75, 3.05) is 10.5 Å². The molecule has 0 spiro atoms. The summed E-state index contributed by atoms with van der Waals surface area (Å²) in [4.78, 5) is 20.6. The van der Waals surface area contributed by atoms with Crippen LogP contribution in [-0.2, 0) is 10.0 Å². The molecule has 15 heteroatoms. The highest BCUT2D eigenvalue weighted by atomic mass is 32.2. The summed E-state index contributed by atoms with van der Waals surface area (Å²) < 4.78 is 102. The molecule has 0 unspecified atom stereocenters. The quantitative estimate of drug-likeness (QED) is 0.262. The van der Waals surface area contributed by atoms with Crippen molar-refractivity contribution in [1.82, 2.24) is 14.5 Å². The Morgan fingerprint density at radius 3 is 2.52 bits per heavy atom. The summed E-state index contributed by atoms with van der Waals surface area (Å²) in [6.45, 7) is 0. The lowest BCUT2D eigenvalue weighted by molar-refractivity contribution is -0.103. The molecule has 206 valence electrons. The minimum absolute atomic E-state index is 0.00278. The number of thiazole rings is 1. The molecule has 3 heterocycles. The zero-order valence-corrected chi connectivity index (χ0v) is 21.6. The van der Waals surface area contributed by atoms with Crippen molar-refractivity contribution >= 4 is 54.0 Å². The summed E-state index contributed by atoms with van der Waals surface area (Å²) >= 11 is 1.06. The van der Waals surface area contributed by atoms with E-state index in [1.807, 2.05) is 4.72 Å². The highest BCUT2D eigenvalue weighted by Crippen LogP contribution is 2.46. The third-order valence-electron chi connectivity index (χ3n) is 6.65. The Labute approximate surface area is 226 Å². The number of fused-ring (bicyclic) bond motifs is 2. The normalized spacial score (nSPS) is 15.4. The van der Waals surface area contributed by atoms with Crippen molar-refractivity contribution < 1.29 is 30.4 Å². The molecule has 40 heavy (non-hydrogen) atoms. The second-order valence-electron chi connectivity index (χ2n) is 9.31. The monoisotopic (exact) mass is 593 g/mol. The van der Waals surface area contributed by atoms with Crippen molar-refractivity contribution in [3.8, 4) is 11.1 Å². The molecule has 1 fully saturated rings. The molecule has 0 atom stereocenters. The van der Waals surface area contributed by atoms with Gasteiger partial charge in [0.05, 0.1) is 38.1 Å². The third-order valence-corrected chi connectivity index (χ3v) is 8.83. The zero-order chi connectivity index (χ0) is 28.6. The number of nitrogen functional groups attached to an aromatic ring is 1. The van der Waals surface area contributed by atoms with E-state index in [9.17, 15) is 26.4 Å². The van der Waals surface area contributed by atoms with E-state index in [1.54, 1.807) is 0 Å². The molecule has 3 aromatic heterocycles. The van der Waals surface area contributed by atoms with Crippen LogP contribution in [0.25, 0.3) is 32.2 Å². The number of anilines is 2. The number of nitrogens with one attached hydrogen (secondary N) is 1. The van der Waals surface area contributed by atoms with Gasteiger partial charge in [-0.15, -0.1) is 11.3 Å². The Balaban J connectivity index is 1.49. The van der Waals surface area contributed by atoms with Gasteiger partial charge in [-0.25, -0.2) is 40.3 Å². The van der Waals surface area contributed by atoms with Gasteiger partial charge in [-0.2, -0.15) is 0 Å². The molecule has 0 aliphatic heterocycles. The van der Waals surface area contributed by atoms with Gasteiger partial charge in [0.25, 0.3) is 21.5 Å². The number of halogens is 5. The fourth-order valence-corrected chi connectivity index (χ4v) is 6.66. The van der Waals surface area contributed by atoms with Gasteiger partial charge in [0, 0.05) is 42.6 Å².